The number of hydrogen-bond acceptors (Lipinski definition) is 4. The van der Waals surface area contributed by atoms with Crippen molar-refractivity contribution in [3.05, 3.63) is 72.4 Å². The molecule has 1 N–H and O–H groups in total. The minimum Gasteiger partial charge on any atom is -0.405 e. The van der Waals surface area contributed by atoms with Crippen LogP contribution >= 0.6 is 0 Å². The molecule has 176 valence electrons. The van der Waals surface area contributed by atoms with Gasteiger partial charge in [0.2, 0.25) is 0 Å². The van der Waals surface area contributed by atoms with Gasteiger partial charge in [0, 0.05) is 19.6 Å². The van der Waals surface area contributed by atoms with Crippen LogP contribution in [0.3, 0.4) is 0 Å². The Morgan fingerprint density at radius 1 is 0.971 bits per heavy atom. The summed E-state index contributed by atoms with van der Waals surface area (Å²) in [6.07, 6.45) is 7.73. The number of amides is 1. The van der Waals surface area contributed by atoms with Gasteiger partial charge in [-0.2, -0.15) is 5.10 Å². The molecule has 1 heterocycles. The molecule has 0 radical (unpaired) electrons. The Balaban J connectivity index is 1.23. The molecule has 4 fully saturated rings. The summed E-state index contributed by atoms with van der Waals surface area (Å²) < 4.78 is 7.78. The molecule has 1 amide bonds. The quantitative estimate of drug-likeness (QED) is 0.538. The number of hydrogen-bond donors (Lipinski definition) is 1. The molecule has 4 aliphatic rings. The Labute approximate surface area is 200 Å². The summed E-state index contributed by atoms with van der Waals surface area (Å²) in [6, 6.07) is 20.5. The first-order valence-electron chi connectivity index (χ1n) is 12.5. The van der Waals surface area contributed by atoms with Crippen LogP contribution in [0, 0.1) is 23.7 Å². The molecule has 0 unspecified atom stereocenters. The van der Waals surface area contributed by atoms with Crippen molar-refractivity contribution in [1.82, 2.24) is 15.1 Å². The molecule has 4 aliphatic carbocycles. The molecule has 2 aromatic carbocycles. The minimum absolute atomic E-state index is 0.245. The van der Waals surface area contributed by atoms with Gasteiger partial charge in [-0.1, -0.05) is 48.5 Å². The van der Waals surface area contributed by atoms with Crippen LogP contribution in [0.2, 0.25) is 0 Å². The fraction of sp³-hybridized carbons (Fsp3) is 0.429. The first kappa shape index (κ1) is 21.3. The highest BCUT2D eigenvalue weighted by Crippen LogP contribution is 2.53. The largest absolute Gasteiger partial charge is 0.413 e. The average Bonchev–Trinajstić information content (AvgIpc) is 3.25. The van der Waals surface area contributed by atoms with Gasteiger partial charge in [-0.25, -0.2) is 9.48 Å². The zero-order valence-corrected chi connectivity index (χ0v) is 19.6. The Hall–Kier alpha value is -3.28. The molecule has 0 saturated heterocycles. The SMILES string of the molecule is CN(Cc1ccccc1)c1c(OC(=O)NC2C3CC4CC(C3)CC2C4)cnn1-c1ccccc1. The third kappa shape index (κ3) is 4.06. The standard InChI is InChI=1S/C28H32N4O2/c1-31(18-19-8-4-2-5-9-19)27-25(17-29-32(27)24-10-6-3-7-11-24)34-28(33)30-26-22-13-20-12-21(15-22)16-23(26)14-20/h2-11,17,20-23,26H,12-16,18H2,1H3,(H,30,33). The van der Waals surface area contributed by atoms with E-state index in [2.05, 4.69) is 27.4 Å². The van der Waals surface area contributed by atoms with Gasteiger partial charge in [0.05, 0.1) is 11.9 Å². The van der Waals surface area contributed by atoms with Crippen molar-refractivity contribution in [2.45, 2.75) is 44.7 Å². The molecular weight excluding hydrogens is 424 g/mol. The van der Waals surface area contributed by atoms with Crippen LogP contribution in [0.15, 0.2) is 66.9 Å². The normalized spacial score (nSPS) is 26.9. The molecule has 34 heavy (non-hydrogen) atoms. The third-order valence-electron chi connectivity index (χ3n) is 8.05. The fourth-order valence-corrected chi connectivity index (χ4v) is 6.87. The monoisotopic (exact) mass is 456 g/mol. The van der Waals surface area contributed by atoms with Crippen molar-refractivity contribution in [2.75, 3.05) is 11.9 Å². The predicted molar refractivity (Wildman–Crippen MR) is 132 cm³/mol. The van der Waals surface area contributed by atoms with Crippen molar-refractivity contribution < 1.29 is 9.53 Å². The van der Waals surface area contributed by atoms with Crippen LogP contribution < -0.4 is 15.0 Å². The van der Waals surface area contributed by atoms with E-state index in [1.807, 2.05) is 60.3 Å². The lowest BCUT2D eigenvalue weighted by molar-refractivity contribution is -0.0114. The number of ether oxygens (including phenoxy) is 1. The maximum atomic E-state index is 13.1. The van der Waals surface area contributed by atoms with Crippen molar-refractivity contribution in [3.8, 4) is 11.4 Å². The van der Waals surface area contributed by atoms with E-state index in [0.29, 0.717) is 24.1 Å². The van der Waals surface area contributed by atoms with Crippen LogP contribution in [0.1, 0.15) is 37.7 Å². The van der Waals surface area contributed by atoms with Crippen LogP contribution in [0.4, 0.5) is 10.6 Å². The summed E-state index contributed by atoms with van der Waals surface area (Å²) in [5.41, 5.74) is 2.10. The first-order chi connectivity index (χ1) is 16.6. The molecule has 4 saturated carbocycles. The van der Waals surface area contributed by atoms with Crippen LogP contribution in [-0.4, -0.2) is 29.0 Å². The van der Waals surface area contributed by atoms with E-state index in [-0.39, 0.29) is 12.1 Å². The van der Waals surface area contributed by atoms with Gasteiger partial charge in [0.15, 0.2) is 11.6 Å². The highest BCUT2D eigenvalue weighted by atomic mass is 16.6. The van der Waals surface area contributed by atoms with E-state index < -0.39 is 0 Å². The summed E-state index contributed by atoms with van der Waals surface area (Å²) in [5.74, 6) is 4.20. The van der Waals surface area contributed by atoms with E-state index in [9.17, 15) is 4.79 Å². The van der Waals surface area contributed by atoms with Gasteiger partial charge < -0.3 is 15.0 Å². The number of benzene rings is 2. The lowest BCUT2D eigenvalue weighted by Crippen LogP contribution is -2.56. The van der Waals surface area contributed by atoms with Gasteiger partial charge in [0.1, 0.15) is 0 Å². The van der Waals surface area contributed by atoms with E-state index >= 15 is 0 Å². The molecule has 0 aliphatic heterocycles. The van der Waals surface area contributed by atoms with E-state index in [0.717, 1.165) is 23.3 Å². The number of nitrogens with one attached hydrogen (secondary N) is 1. The highest BCUT2D eigenvalue weighted by molar-refractivity contribution is 5.73. The average molecular weight is 457 g/mol. The lowest BCUT2D eigenvalue weighted by Gasteiger charge is -2.54. The maximum absolute atomic E-state index is 13.1. The molecule has 3 aromatic rings. The second kappa shape index (κ2) is 8.82. The molecule has 6 nitrogen and oxygen atoms in total. The van der Waals surface area contributed by atoms with Crippen LogP contribution in [-0.2, 0) is 6.54 Å². The van der Waals surface area contributed by atoms with Gasteiger partial charge >= 0.3 is 6.09 Å². The van der Waals surface area contributed by atoms with Gasteiger partial charge in [-0.05, 0) is 73.5 Å². The second-order valence-electron chi connectivity index (χ2n) is 10.4. The van der Waals surface area contributed by atoms with Crippen molar-refractivity contribution >= 4 is 11.9 Å². The molecule has 1 aromatic heterocycles. The number of rotatable bonds is 6. The molecule has 4 bridgehead atoms. The van der Waals surface area contributed by atoms with Gasteiger partial charge in [-0.15, -0.1) is 0 Å². The zero-order valence-electron chi connectivity index (χ0n) is 19.6. The second-order valence-corrected chi connectivity index (χ2v) is 10.4. The predicted octanol–water partition coefficient (Wildman–Crippen LogP) is 5.42. The summed E-state index contributed by atoms with van der Waals surface area (Å²) in [7, 11) is 2.01. The van der Waals surface area contributed by atoms with Crippen LogP contribution in [0.25, 0.3) is 5.69 Å². The van der Waals surface area contributed by atoms with Crippen molar-refractivity contribution in [1.29, 1.82) is 0 Å². The Morgan fingerprint density at radius 2 is 1.59 bits per heavy atom. The smallest absolute Gasteiger partial charge is 0.405 e. The molecule has 0 spiro atoms. The third-order valence-corrected chi connectivity index (χ3v) is 8.05. The molecule has 7 rings (SSSR count). The molecular formula is C28H32N4O2. The topological polar surface area (TPSA) is 59.4 Å². The number of nitrogens with zero attached hydrogens (tertiary/aromatic N) is 3. The van der Waals surface area contributed by atoms with Crippen molar-refractivity contribution in [3.63, 3.8) is 0 Å². The Morgan fingerprint density at radius 3 is 2.24 bits per heavy atom. The molecule has 6 heteroatoms. The Kier molecular flexibility index (Phi) is 5.52. The highest BCUT2D eigenvalue weighted by Gasteiger charge is 2.48. The number of anilines is 1. The summed E-state index contributed by atoms with van der Waals surface area (Å²) >= 11 is 0. The number of aromatic nitrogens is 2. The van der Waals surface area contributed by atoms with Crippen molar-refractivity contribution in [2.24, 2.45) is 23.7 Å². The summed E-state index contributed by atoms with van der Waals surface area (Å²) in [5, 5.41) is 7.85. The summed E-state index contributed by atoms with van der Waals surface area (Å²) in [4.78, 5) is 15.2. The number of para-hydroxylation sites is 1. The van der Waals surface area contributed by atoms with Gasteiger partial charge in [-0.3, -0.25) is 0 Å². The zero-order chi connectivity index (χ0) is 23.1. The Bertz CT molecular complexity index is 1120. The number of carbonyl (C=O) groups is 1. The summed E-state index contributed by atoms with van der Waals surface area (Å²) in [6.45, 7) is 0.674. The first-order valence-corrected chi connectivity index (χ1v) is 12.5. The van der Waals surface area contributed by atoms with Gasteiger partial charge in [0.25, 0.3) is 0 Å². The van der Waals surface area contributed by atoms with Crippen LogP contribution in [0.5, 0.6) is 5.75 Å². The maximum Gasteiger partial charge on any atom is 0.413 e. The molecule has 0 atom stereocenters. The minimum atomic E-state index is -0.362. The van der Waals surface area contributed by atoms with E-state index in [4.69, 9.17) is 4.74 Å². The fourth-order valence-electron chi connectivity index (χ4n) is 6.87. The number of carbonyl (C=O) groups excluding carboxylic acids is 1. The van der Waals surface area contributed by atoms with E-state index in [1.165, 1.54) is 37.7 Å². The van der Waals surface area contributed by atoms with E-state index in [1.54, 1.807) is 6.20 Å². The lowest BCUT2D eigenvalue weighted by atomic mass is 9.54.